The van der Waals surface area contributed by atoms with Crippen LogP contribution in [0.1, 0.15) is 12.2 Å². The monoisotopic (exact) mass is 449 g/mol. The van der Waals surface area contributed by atoms with Crippen molar-refractivity contribution in [2.24, 2.45) is 0 Å². The van der Waals surface area contributed by atoms with Gasteiger partial charge in [-0.1, -0.05) is 0 Å². The van der Waals surface area contributed by atoms with Crippen molar-refractivity contribution in [2.45, 2.75) is 25.9 Å². The van der Waals surface area contributed by atoms with Crippen molar-refractivity contribution in [3.8, 4) is 28.3 Å². The highest BCUT2D eigenvalue weighted by molar-refractivity contribution is 7.14. The number of amides is 1. The number of hydrogen-bond acceptors (Lipinski definition) is 4. The molecule has 0 atom stereocenters. The van der Waals surface area contributed by atoms with Crippen molar-refractivity contribution in [1.29, 1.82) is 0 Å². The number of methoxy groups -OCH3 is 1. The molecule has 0 radical (unpaired) electrons. The molecule has 1 amide bonds. The number of carbonyl (C=O) groups excluding carboxylic acids is 1. The van der Waals surface area contributed by atoms with E-state index in [2.05, 4.69) is 14.9 Å². The number of rotatable bonds is 6. The van der Waals surface area contributed by atoms with Gasteiger partial charge < -0.3 is 4.74 Å². The van der Waals surface area contributed by atoms with Crippen molar-refractivity contribution >= 4 is 22.4 Å². The number of carbonyl (C=O) groups is 1. The van der Waals surface area contributed by atoms with Gasteiger partial charge in [0, 0.05) is 16.5 Å². The second-order valence-corrected chi connectivity index (χ2v) is 8.49. The summed E-state index contributed by atoms with van der Waals surface area (Å²) < 4.78 is 22.7. The fourth-order valence-corrected chi connectivity index (χ4v) is 4.77. The molecule has 162 valence electrons. The Morgan fingerprint density at radius 1 is 1.19 bits per heavy atom. The topological polar surface area (TPSA) is 60.0 Å². The summed E-state index contributed by atoms with van der Waals surface area (Å²) in [6.45, 7) is 1.10. The lowest BCUT2D eigenvalue weighted by Crippen LogP contribution is -2.42. The van der Waals surface area contributed by atoms with Crippen LogP contribution in [0, 0.1) is 5.82 Å². The predicted octanol–water partition coefficient (Wildman–Crippen LogP) is 4.30. The van der Waals surface area contributed by atoms with Gasteiger partial charge in [-0.3, -0.25) is 10.1 Å². The summed E-state index contributed by atoms with van der Waals surface area (Å²) in [5, 5.41) is 5.40. The third kappa shape index (κ3) is 4.01. The van der Waals surface area contributed by atoms with E-state index < -0.39 is 0 Å². The Morgan fingerprint density at radius 2 is 1.94 bits per heavy atom. The average Bonchev–Trinajstić information content (AvgIpc) is 3.53. The van der Waals surface area contributed by atoms with Crippen LogP contribution in [0.25, 0.3) is 22.5 Å². The second-order valence-electron chi connectivity index (χ2n) is 7.64. The summed E-state index contributed by atoms with van der Waals surface area (Å²) in [4.78, 5) is 17.3. The first-order valence-corrected chi connectivity index (χ1v) is 11.3. The second kappa shape index (κ2) is 8.55. The normalized spacial score (nSPS) is 12.6. The predicted molar refractivity (Wildman–Crippen MR) is 121 cm³/mol. The van der Waals surface area contributed by atoms with E-state index in [0.29, 0.717) is 5.13 Å². The van der Waals surface area contributed by atoms with Crippen LogP contribution >= 0.6 is 11.3 Å². The number of ether oxygens (including phenoxy) is 1. The molecule has 5 rings (SSSR count). The fourth-order valence-electron chi connectivity index (χ4n) is 4.04. The van der Waals surface area contributed by atoms with Crippen LogP contribution in [0.5, 0.6) is 5.75 Å². The first kappa shape index (κ1) is 20.4. The molecule has 2 aromatic carbocycles. The quantitative estimate of drug-likeness (QED) is 0.447. The molecule has 0 unspecified atom stereocenters. The molecule has 0 saturated carbocycles. The molecule has 1 aliphatic heterocycles. The van der Waals surface area contributed by atoms with E-state index in [1.807, 2.05) is 40.4 Å². The maximum Gasteiger partial charge on any atom is 0.268 e. The molecular formula is C24H22FN4O2S+. The molecule has 32 heavy (non-hydrogen) atoms. The number of nitrogens with zero attached hydrogens (tertiary/aromatic N) is 3. The molecule has 0 saturated heterocycles. The van der Waals surface area contributed by atoms with E-state index >= 15 is 0 Å². The third-order valence-electron chi connectivity index (χ3n) is 5.58. The van der Waals surface area contributed by atoms with Crippen LogP contribution in [-0.4, -0.2) is 22.6 Å². The maximum absolute atomic E-state index is 13.3. The Morgan fingerprint density at radius 3 is 2.69 bits per heavy atom. The minimum atomic E-state index is -0.258. The smallest absolute Gasteiger partial charge is 0.268 e. The van der Waals surface area contributed by atoms with E-state index in [-0.39, 0.29) is 18.3 Å². The van der Waals surface area contributed by atoms with E-state index in [0.717, 1.165) is 53.5 Å². The van der Waals surface area contributed by atoms with Crippen molar-refractivity contribution in [3.63, 3.8) is 0 Å². The highest BCUT2D eigenvalue weighted by Crippen LogP contribution is 2.27. The molecule has 6 nitrogen and oxygen atoms in total. The van der Waals surface area contributed by atoms with Crippen LogP contribution in [0.2, 0.25) is 0 Å². The van der Waals surface area contributed by atoms with Gasteiger partial charge in [0.15, 0.2) is 17.4 Å². The Labute approximate surface area is 188 Å². The van der Waals surface area contributed by atoms with E-state index in [9.17, 15) is 9.18 Å². The van der Waals surface area contributed by atoms with Crippen molar-refractivity contribution < 1.29 is 18.5 Å². The lowest BCUT2D eigenvalue weighted by atomic mass is 10.1. The minimum Gasteiger partial charge on any atom is -0.497 e. The lowest BCUT2D eigenvalue weighted by molar-refractivity contribution is -0.690. The third-order valence-corrected chi connectivity index (χ3v) is 6.34. The highest BCUT2D eigenvalue weighted by atomic mass is 32.1. The van der Waals surface area contributed by atoms with Crippen LogP contribution < -0.4 is 14.6 Å². The van der Waals surface area contributed by atoms with Crippen molar-refractivity contribution in [1.82, 2.24) is 9.55 Å². The molecule has 4 aromatic rings. The molecule has 1 N–H and O–H groups in total. The van der Waals surface area contributed by atoms with Gasteiger partial charge in [0.05, 0.1) is 25.8 Å². The van der Waals surface area contributed by atoms with Gasteiger partial charge in [0.25, 0.3) is 11.7 Å². The van der Waals surface area contributed by atoms with Gasteiger partial charge in [-0.05, 0) is 55.0 Å². The summed E-state index contributed by atoms with van der Waals surface area (Å²) in [6.07, 6.45) is 3.92. The van der Waals surface area contributed by atoms with Gasteiger partial charge in [-0.2, -0.15) is 0 Å². The molecule has 1 aliphatic rings. The zero-order chi connectivity index (χ0) is 22.1. The van der Waals surface area contributed by atoms with Crippen LogP contribution in [0.4, 0.5) is 9.52 Å². The van der Waals surface area contributed by atoms with Crippen LogP contribution in [0.15, 0.2) is 60.1 Å². The largest absolute Gasteiger partial charge is 0.497 e. The number of anilines is 1. The first-order chi connectivity index (χ1) is 15.6. The van der Waals surface area contributed by atoms with Gasteiger partial charge in [0.1, 0.15) is 17.8 Å². The fraction of sp³-hybridized carbons (Fsp3) is 0.208. The summed E-state index contributed by atoms with van der Waals surface area (Å²) in [6, 6.07) is 14.1. The summed E-state index contributed by atoms with van der Waals surface area (Å²) in [5.41, 5.74) is 3.72. The number of aromatic nitrogens is 3. The maximum atomic E-state index is 13.3. The number of nitrogens with one attached hydrogen (secondary N) is 1. The Balaban J connectivity index is 1.31. The van der Waals surface area contributed by atoms with E-state index in [1.165, 1.54) is 23.5 Å². The summed E-state index contributed by atoms with van der Waals surface area (Å²) >= 11 is 1.40. The number of hydrogen-bond donors (Lipinski definition) is 1. The molecule has 2 aromatic heterocycles. The first-order valence-electron chi connectivity index (χ1n) is 10.4. The number of benzene rings is 2. The van der Waals surface area contributed by atoms with E-state index in [4.69, 9.17) is 4.74 Å². The van der Waals surface area contributed by atoms with Gasteiger partial charge >= 0.3 is 0 Å². The average molecular weight is 450 g/mol. The van der Waals surface area contributed by atoms with Crippen LogP contribution in [0.3, 0.4) is 0 Å². The molecule has 0 spiro atoms. The molecular weight excluding hydrogens is 427 g/mol. The van der Waals surface area contributed by atoms with Gasteiger partial charge in [-0.15, -0.1) is 11.3 Å². The lowest BCUT2D eigenvalue weighted by Gasteiger charge is -2.01. The van der Waals surface area contributed by atoms with Crippen LogP contribution in [-0.2, 0) is 24.3 Å². The number of halogens is 1. The molecule has 3 heterocycles. The highest BCUT2D eigenvalue weighted by Gasteiger charge is 2.29. The van der Waals surface area contributed by atoms with E-state index in [1.54, 1.807) is 19.2 Å². The number of thiazole rings is 1. The Hall–Kier alpha value is -3.52. The zero-order valence-electron chi connectivity index (χ0n) is 17.5. The zero-order valence-corrected chi connectivity index (χ0v) is 18.4. The molecule has 0 fully saturated rings. The minimum absolute atomic E-state index is 0.128. The van der Waals surface area contributed by atoms with Gasteiger partial charge in [0.2, 0.25) is 0 Å². The standard InChI is InChI=1S/C24H21FN4O2S/c1-31-19-10-6-16(7-11-19)20-15-32-24(26-20)27-22(30)14-28-13-21(29-12-2-3-23(28)29)17-4-8-18(25)9-5-17/h4-11,13,15H,2-3,12,14H2,1H3/p+1. The molecule has 8 heteroatoms. The molecule has 0 aliphatic carbocycles. The summed E-state index contributed by atoms with van der Waals surface area (Å²) in [7, 11) is 1.63. The summed E-state index contributed by atoms with van der Waals surface area (Å²) in [5.74, 6) is 1.51. The SMILES string of the molecule is COc1ccc(-c2csc(NC(=O)C[n+]3cc(-c4ccc(F)cc4)n4c3CCC4)n2)cc1. The Kier molecular flexibility index (Phi) is 5.45. The Bertz CT molecular complexity index is 1260. The number of imidazole rings is 1. The van der Waals surface area contributed by atoms with Crippen molar-refractivity contribution in [2.75, 3.05) is 12.4 Å². The van der Waals surface area contributed by atoms with Gasteiger partial charge in [-0.25, -0.2) is 18.5 Å². The number of fused-ring (bicyclic) bond motifs is 1. The molecule has 0 bridgehead atoms. The van der Waals surface area contributed by atoms with Crippen molar-refractivity contribution in [3.05, 3.63) is 71.7 Å².